The zero-order valence-electron chi connectivity index (χ0n) is 19.4. The molecule has 0 spiro atoms. The van der Waals surface area contributed by atoms with Crippen molar-refractivity contribution >= 4 is 0 Å². The van der Waals surface area contributed by atoms with Crippen molar-refractivity contribution in [1.29, 1.82) is 0 Å². The van der Waals surface area contributed by atoms with Crippen LogP contribution in [0.3, 0.4) is 0 Å². The standard InChI is InChI=1S/C24H21F13O/c1-2-3-8-15-9-7-12-17(13-15)18(38,16-10-5-4-6-11-16)14-19(25,26)20(27,28)21(29,30)22(31,32)23(33,34)24(35,36)37/h4-7,9-13,38H,2-3,8,14H2,1H3. The van der Waals surface area contributed by atoms with Crippen LogP contribution in [0.4, 0.5) is 57.1 Å². The highest BCUT2D eigenvalue weighted by molar-refractivity contribution is 5.39. The molecular weight excluding hydrogens is 551 g/mol. The molecule has 214 valence electrons. The summed E-state index contributed by atoms with van der Waals surface area (Å²) in [6.45, 7) is 1.80. The number of benzene rings is 2. The smallest absolute Gasteiger partial charge is 0.380 e. The highest BCUT2D eigenvalue weighted by Gasteiger charge is 2.90. The van der Waals surface area contributed by atoms with E-state index in [0.717, 1.165) is 36.4 Å². The van der Waals surface area contributed by atoms with Crippen molar-refractivity contribution in [3.8, 4) is 0 Å². The summed E-state index contributed by atoms with van der Waals surface area (Å²) in [6.07, 6.45) is -8.76. The fraction of sp³-hybridized carbons (Fsp3) is 0.500. The van der Waals surface area contributed by atoms with Gasteiger partial charge in [0.15, 0.2) is 0 Å². The fourth-order valence-electron chi connectivity index (χ4n) is 3.68. The van der Waals surface area contributed by atoms with Crippen molar-refractivity contribution in [3.05, 3.63) is 71.3 Å². The molecule has 2 aromatic carbocycles. The topological polar surface area (TPSA) is 20.2 Å². The minimum Gasteiger partial charge on any atom is -0.380 e. The molecule has 0 saturated carbocycles. The lowest BCUT2D eigenvalue weighted by molar-refractivity contribution is -0.441. The van der Waals surface area contributed by atoms with Gasteiger partial charge in [-0.2, -0.15) is 57.1 Å². The molecule has 0 bridgehead atoms. The van der Waals surface area contributed by atoms with Crippen molar-refractivity contribution in [1.82, 2.24) is 0 Å². The lowest BCUT2D eigenvalue weighted by Gasteiger charge is -2.42. The van der Waals surface area contributed by atoms with Gasteiger partial charge in [-0.15, -0.1) is 0 Å². The fourth-order valence-corrected chi connectivity index (χ4v) is 3.68. The predicted octanol–water partition coefficient (Wildman–Crippen LogP) is 8.39. The molecule has 0 heterocycles. The van der Waals surface area contributed by atoms with Crippen LogP contribution in [0.2, 0.25) is 0 Å². The van der Waals surface area contributed by atoms with Crippen molar-refractivity contribution in [2.24, 2.45) is 0 Å². The van der Waals surface area contributed by atoms with Gasteiger partial charge in [0.2, 0.25) is 0 Å². The first kappa shape index (κ1) is 31.7. The molecular formula is C24H21F13O. The average Bonchev–Trinajstić information content (AvgIpc) is 2.82. The summed E-state index contributed by atoms with van der Waals surface area (Å²) in [5, 5.41) is 11.2. The maximum atomic E-state index is 14.8. The molecule has 0 amide bonds. The first-order valence-corrected chi connectivity index (χ1v) is 10.9. The van der Waals surface area contributed by atoms with Gasteiger partial charge in [0, 0.05) is 0 Å². The first-order valence-electron chi connectivity index (χ1n) is 10.9. The SMILES string of the molecule is CCCCc1cccc(C(O)(CC(F)(F)C(F)(F)C(F)(F)C(F)(F)C(F)(F)C(F)(F)F)c2ccccc2)c1. The maximum Gasteiger partial charge on any atom is 0.460 e. The van der Waals surface area contributed by atoms with Gasteiger partial charge in [0.05, 0.1) is 6.42 Å². The normalized spacial score (nSPS) is 15.9. The van der Waals surface area contributed by atoms with Gasteiger partial charge in [0.1, 0.15) is 5.60 Å². The van der Waals surface area contributed by atoms with Crippen LogP contribution in [0.5, 0.6) is 0 Å². The summed E-state index contributed by atoms with van der Waals surface area (Å²) in [5.41, 5.74) is -4.08. The lowest BCUT2D eigenvalue weighted by atomic mass is 9.78. The third kappa shape index (κ3) is 5.20. The molecule has 2 aromatic rings. The minimum absolute atomic E-state index is 0.304. The van der Waals surface area contributed by atoms with Gasteiger partial charge in [-0.05, 0) is 29.5 Å². The number of alkyl halides is 13. The second-order valence-corrected chi connectivity index (χ2v) is 8.71. The molecule has 1 unspecified atom stereocenters. The Labute approximate surface area is 208 Å². The highest BCUT2D eigenvalue weighted by atomic mass is 19.4. The van der Waals surface area contributed by atoms with Gasteiger partial charge < -0.3 is 5.11 Å². The van der Waals surface area contributed by atoms with E-state index in [9.17, 15) is 62.2 Å². The van der Waals surface area contributed by atoms with E-state index < -0.39 is 58.9 Å². The number of aryl methyl sites for hydroxylation is 1. The van der Waals surface area contributed by atoms with Crippen LogP contribution in [0, 0.1) is 0 Å². The Bertz CT molecular complexity index is 1080. The van der Waals surface area contributed by atoms with Crippen LogP contribution >= 0.6 is 0 Å². The van der Waals surface area contributed by atoms with Crippen LogP contribution in [0.1, 0.15) is 42.9 Å². The Morgan fingerprint density at radius 3 is 1.61 bits per heavy atom. The van der Waals surface area contributed by atoms with E-state index in [-0.39, 0.29) is 0 Å². The Balaban J connectivity index is 2.67. The van der Waals surface area contributed by atoms with Gasteiger partial charge in [-0.25, -0.2) is 0 Å². The Kier molecular flexibility index (Phi) is 8.54. The van der Waals surface area contributed by atoms with Gasteiger partial charge >= 0.3 is 35.8 Å². The molecule has 1 atom stereocenters. The molecule has 0 aliphatic carbocycles. The first-order chi connectivity index (χ1) is 17.1. The quantitative estimate of drug-likeness (QED) is 0.268. The summed E-state index contributed by atoms with van der Waals surface area (Å²) in [5.74, 6) is -37.7. The van der Waals surface area contributed by atoms with Gasteiger partial charge in [-0.1, -0.05) is 67.9 Å². The zero-order chi connectivity index (χ0) is 29.4. The van der Waals surface area contributed by atoms with Gasteiger partial charge in [0.25, 0.3) is 0 Å². The molecule has 38 heavy (non-hydrogen) atoms. The summed E-state index contributed by atoms with van der Waals surface area (Å²) in [7, 11) is 0. The summed E-state index contributed by atoms with van der Waals surface area (Å²) in [6, 6.07) is 10.1. The maximum absolute atomic E-state index is 14.8. The van der Waals surface area contributed by atoms with Gasteiger partial charge in [-0.3, -0.25) is 0 Å². The number of unbranched alkanes of at least 4 members (excludes halogenated alkanes) is 1. The molecule has 0 radical (unpaired) electrons. The van der Waals surface area contributed by atoms with Crippen molar-refractivity contribution in [3.63, 3.8) is 0 Å². The minimum atomic E-state index is -8.00. The van der Waals surface area contributed by atoms with Crippen molar-refractivity contribution in [2.45, 2.75) is 74.0 Å². The van der Waals surface area contributed by atoms with Crippen LogP contribution < -0.4 is 0 Å². The molecule has 0 fully saturated rings. The summed E-state index contributed by atoms with van der Waals surface area (Å²) >= 11 is 0. The highest BCUT2D eigenvalue weighted by Crippen LogP contribution is 2.61. The Hall–Kier alpha value is -2.51. The van der Waals surface area contributed by atoms with E-state index in [0.29, 0.717) is 24.8 Å². The molecule has 0 saturated heterocycles. The Morgan fingerprint density at radius 1 is 0.605 bits per heavy atom. The van der Waals surface area contributed by atoms with Crippen LogP contribution in [0.15, 0.2) is 54.6 Å². The van der Waals surface area contributed by atoms with Crippen LogP contribution in [0.25, 0.3) is 0 Å². The monoisotopic (exact) mass is 572 g/mol. The number of halogens is 13. The number of aliphatic hydroxyl groups is 1. The van der Waals surface area contributed by atoms with E-state index in [1.807, 2.05) is 0 Å². The van der Waals surface area contributed by atoms with Crippen molar-refractivity contribution < 1.29 is 62.2 Å². The van der Waals surface area contributed by atoms with Crippen molar-refractivity contribution in [2.75, 3.05) is 0 Å². The van der Waals surface area contributed by atoms with E-state index in [1.165, 1.54) is 18.2 Å². The molecule has 1 N–H and O–H groups in total. The average molecular weight is 572 g/mol. The predicted molar refractivity (Wildman–Crippen MR) is 110 cm³/mol. The number of rotatable bonds is 11. The molecule has 2 rings (SSSR count). The zero-order valence-corrected chi connectivity index (χ0v) is 19.4. The van der Waals surface area contributed by atoms with E-state index in [4.69, 9.17) is 0 Å². The Morgan fingerprint density at radius 2 is 1.11 bits per heavy atom. The summed E-state index contributed by atoms with van der Waals surface area (Å²) in [4.78, 5) is 0. The van der Waals surface area contributed by atoms with E-state index in [1.54, 1.807) is 6.92 Å². The van der Waals surface area contributed by atoms with E-state index in [2.05, 4.69) is 0 Å². The third-order valence-corrected chi connectivity index (χ3v) is 5.95. The summed E-state index contributed by atoms with van der Waals surface area (Å²) < 4.78 is 177. The lowest BCUT2D eigenvalue weighted by Crippen LogP contribution is -2.70. The van der Waals surface area contributed by atoms with Crippen LogP contribution in [-0.4, -0.2) is 40.9 Å². The molecule has 0 aliphatic rings. The number of hydrogen-bond acceptors (Lipinski definition) is 1. The second-order valence-electron chi connectivity index (χ2n) is 8.71. The van der Waals surface area contributed by atoms with Crippen LogP contribution in [-0.2, 0) is 12.0 Å². The molecule has 14 heteroatoms. The molecule has 0 aromatic heterocycles. The largest absolute Gasteiger partial charge is 0.460 e. The second kappa shape index (κ2) is 10.2. The van der Waals surface area contributed by atoms with E-state index >= 15 is 0 Å². The molecule has 0 aliphatic heterocycles. The molecule has 1 nitrogen and oxygen atoms in total. The number of hydrogen-bond donors (Lipinski definition) is 1. The third-order valence-electron chi connectivity index (χ3n) is 5.95.